The van der Waals surface area contributed by atoms with Gasteiger partial charge in [-0.2, -0.15) is 0 Å². The van der Waals surface area contributed by atoms with Crippen molar-refractivity contribution in [2.75, 3.05) is 0 Å². The lowest BCUT2D eigenvalue weighted by atomic mass is 10.3. The summed E-state index contributed by atoms with van der Waals surface area (Å²) in [6.07, 6.45) is 1.47. The molecule has 1 atom stereocenters. The Morgan fingerprint density at radius 1 is 1.33 bits per heavy atom. The summed E-state index contributed by atoms with van der Waals surface area (Å²) >= 11 is 0. The molecule has 0 aliphatic rings. The van der Waals surface area contributed by atoms with Crippen molar-refractivity contribution in [2.45, 2.75) is 4.90 Å². The maximum Gasteiger partial charge on any atom is 0.143 e. The van der Waals surface area contributed by atoms with Crippen molar-refractivity contribution in [1.82, 2.24) is 20.2 Å². The first kappa shape index (κ1) is 9.81. The van der Waals surface area contributed by atoms with Crippen molar-refractivity contribution in [3.63, 3.8) is 0 Å². The van der Waals surface area contributed by atoms with Gasteiger partial charge in [-0.3, -0.25) is 5.14 Å². The van der Waals surface area contributed by atoms with Gasteiger partial charge in [-0.1, -0.05) is 0 Å². The third kappa shape index (κ3) is 2.03. The Morgan fingerprint density at radius 3 is 2.47 bits per heavy atom. The van der Waals surface area contributed by atoms with E-state index >= 15 is 0 Å². The third-order valence-electron chi connectivity index (χ3n) is 1.85. The van der Waals surface area contributed by atoms with E-state index in [1.165, 1.54) is 11.0 Å². The molecule has 0 bridgehead atoms. The number of tetrazole rings is 1. The minimum absolute atomic E-state index is 0.499. The van der Waals surface area contributed by atoms with Crippen LogP contribution in [-0.4, -0.2) is 30.3 Å². The van der Waals surface area contributed by atoms with Crippen LogP contribution >= 0.6 is 0 Å². The molecule has 15 heavy (non-hydrogen) atoms. The molecule has 0 saturated carbocycles. The predicted molar refractivity (Wildman–Crippen MR) is 56.9 cm³/mol. The fourth-order valence-corrected chi connectivity index (χ4v) is 1.71. The van der Waals surface area contributed by atoms with Gasteiger partial charge in [-0.25, -0.2) is 8.89 Å². The Bertz CT molecular complexity index is 543. The van der Waals surface area contributed by atoms with Gasteiger partial charge in [0, 0.05) is 4.90 Å². The summed E-state index contributed by atoms with van der Waals surface area (Å²) in [6.45, 7) is 0. The van der Waals surface area contributed by atoms with Crippen molar-refractivity contribution < 1.29 is 4.21 Å². The van der Waals surface area contributed by atoms with E-state index in [2.05, 4.69) is 21.4 Å². The fraction of sp³-hybridized carbons (Fsp3) is 0. The summed E-state index contributed by atoms with van der Waals surface area (Å²) in [6, 6.07) is 6.74. The third-order valence-corrected chi connectivity index (χ3v) is 2.92. The lowest BCUT2D eigenvalue weighted by Gasteiger charge is -2.03. The van der Waals surface area contributed by atoms with Crippen LogP contribution in [0.1, 0.15) is 0 Å². The van der Waals surface area contributed by atoms with Gasteiger partial charge in [0.05, 0.1) is 15.4 Å². The van der Waals surface area contributed by atoms with Crippen molar-refractivity contribution in [3.05, 3.63) is 30.6 Å². The lowest BCUT2D eigenvalue weighted by molar-refractivity contribution is 0.682. The zero-order valence-electron chi connectivity index (χ0n) is 7.78. The zero-order chi connectivity index (χ0) is 10.9. The van der Waals surface area contributed by atoms with Crippen LogP contribution in [0.5, 0.6) is 0 Å². The SMILES string of the molecule is C=S(N)(=O)c1ccc(-n2cnnn2)cc1. The first-order valence-corrected chi connectivity index (χ1v) is 5.85. The molecule has 7 heteroatoms. The molecule has 1 aromatic carbocycles. The van der Waals surface area contributed by atoms with Gasteiger partial charge in [0.2, 0.25) is 0 Å². The smallest absolute Gasteiger partial charge is 0.143 e. The largest absolute Gasteiger partial charge is 0.256 e. The number of hydrogen-bond donors (Lipinski definition) is 1. The van der Waals surface area contributed by atoms with Crippen LogP contribution in [0, 0.1) is 0 Å². The highest BCUT2D eigenvalue weighted by atomic mass is 32.2. The molecule has 0 aliphatic carbocycles. The average Bonchev–Trinajstić information content (AvgIpc) is 2.69. The second kappa shape index (κ2) is 3.44. The van der Waals surface area contributed by atoms with E-state index < -0.39 is 9.71 Å². The molecule has 2 aromatic rings. The van der Waals surface area contributed by atoms with Gasteiger partial charge in [-0.05, 0) is 40.6 Å². The lowest BCUT2D eigenvalue weighted by Crippen LogP contribution is -2.11. The molecule has 2 N–H and O–H groups in total. The topological polar surface area (TPSA) is 86.7 Å². The second-order valence-corrected chi connectivity index (χ2v) is 4.90. The van der Waals surface area contributed by atoms with E-state index in [4.69, 9.17) is 5.14 Å². The van der Waals surface area contributed by atoms with E-state index in [0.717, 1.165) is 5.69 Å². The van der Waals surface area contributed by atoms with Crippen LogP contribution < -0.4 is 5.14 Å². The Kier molecular flexibility index (Phi) is 2.25. The normalized spacial score (nSPS) is 14.7. The number of aromatic nitrogens is 4. The highest BCUT2D eigenvalue weighted by Crippen LogP contribution is 2.10. The van der Waals surface area contributed by atoms with E-state index in [0.29, 0.717) is 4.90 Å². The molecule has 1 heterocycles. The fourth-order valence-electron chi connectivity index (χ4n) is 1.11. The molecule has 0 spiro atoms. The Morgan fingerprint density at radius 2 is 2.00 bits per heavy atom. The van der Waals surface area contributed by atoms with Gasteiger partial charge < -0.3 is 0 Å². The Labute approximate surface area is 86.9 Å². The quantitative estimate of drug-likeness (QED) is 0.702. The molecule has 1 unspecified atom stereocenters. The summed E-state index contributed by atoms with van der Waals surface area (Å²) in [7, 11) is -2.65. The van der Waals surface area contributed by atoms with Crippen LogP contribution in [0.15, 0.2) is 35.5 Å². The number of benzene rings is 1. The van der Waals surface area contributed by atoms with Gasteiger partial charge in [0.25, 0.3) is 0 Å². The van der Waals surface area contributed by atoms with Gasteiger partial charge in [0.15, 0.2) is 0 Å². The summed E-state index contributed by atoms with van der Waals surface area (Å²) in [5.41, 5.74) is 0.771. The van der Waals surface area contributed by atoms with E-state index in [-0.39, 0.29) is 0 Å². The molecule has 0 amide bonds. The van der Waals surface area contributed by atoms with Crippen molar-refractivity contribution in [2.24, 2.45) is 5.14 Å². The predicted octanol–water partition coefficient (Wildman–Crippen LogP) is -0.389. The molecular weight excluding hydrogens is 214 g/mol. The highest BCUT2D eigenvalue weighted by molar-refractivity contribution is 7.98. The van der Waals surface area contributed by atoms with Gasteiger partial charge >= 0.3 is 0 Å². The average molecular weight is 223 g/mol. The van der Waals surface area contributed by atoms with Crippen molar-refractivity contribution >= 4 is 15.6 Å². The van der Waals surface area contributed by atoms with E-state index in [1.54, 1.807) is 24.3 Å². The highest BCUT2D eigenvalue weighted by Gasteiger charge is 2.02. The molecule has 1 aromatic heterocycles. The number of nitrogens with zero attached hydrogens (tertiary/aromatic N) is 4. The molecule has 0 saturated heterocycles. The minimum Gasteiger partial charge on any atom is -0.256 e. The monoisotopic (exact) mass is 223 g/mol. The first-order chi connectivity index (χ1) is 7.07. The zero-order valence-corrected chi connectivity index (χ0v) is 8.59. The summed E-state index contributed by atoms with van der Waals surface area (Å²) in [4.78, 5) is 0.499. The molecule has 78 valence electrons. The Hall–Kier alpha value is -1.73. The van der Waals surface area contributed by atoms with Crippen molar-refractivity contribution in [1.29, 1.82) is 0 Å². The molecule has 6 nitrogen and oxygen atoms in total. The maximum atomic E-state index is 11.4. The number of hydrogen-bond acceptors (Lipinski definition) is 4. The molecule has 0 fully saturated rings. The van der Waals surface area contributed by atoms with Crippen LogP contribution in [-0.2, 0) is 9.71 Å². The number of nitrogens with two attached hydrogens (primary N) is 1. The standard InChI is InChI=1S/C8H9N5OS/c1-15(9,14)8-4-2-7(3-5-8)13-6-10-11-12-13/h2-6H,1H2,(H2,9,14). The van der Waals surface area contributed by atoms with Crippen LogP contribution in [0.2, 0.25) is 0 Å². The second-order valence-electron chi connectivity index (χ2n) is 2.97. The van der Waals surface area contributed by atoms with Gasteiger partial charge in [0.1, 0.15) is 6.33 Å². The molecule has 2 rings (SSSR count). The van der Waals surface area contributed by atoms with Crippen LogP contribution in [0.3, 0.4) is 0 Å². The molecular formula is C8H9N5OS. The minimum atomic E-state index is -2.65. The summed E-state index contributed by atoms with van der Waals surface area (Å²) in [5, 5.41) is 16.1. The van der Waals surface area contributed by atoms with Crippen molar-refractivity contribution in [3.8, 4) is 5.69 Å². The molecule has 0 radical (unpaired) electrons. The summed E-state index contributed by atoms with van der Waals surface area (Å²) in [5.74, 6) is 3.39. The first-order valence-electron chi connectivity index (χ1n) is 4.06. The van der Waals surface area contributed by atoms with Gasteiger partial charge in [-0.15, -0.1) is 5.10 Å². The number of rotatable bonds is 2. The molecule has 0 aliphatic heterocycles. The van der Waals surface area contributed by atoms with Crippen LogP contribution in [0.25, 0.3) is 5.69 Å². The summed E-state index contributed by atoms with van der Waals surface area (Å²) < 4.78 is 12.9. The van der Waals surface area contributed by atoms with E-state index in [1.807, 2.05) is 0 Å². The van der Waals surface area contributed by atoms with Crippen LogP contribution in [0.4, 0.5) is 0 Å². The maximum absolute atomic E-state index is 11.4. The Balaban J connectivity index is 2.42. The van der Waals surface area contributed by atoms with E-state index in [9.17, 15) is 4.21 Å².